The van der Waals surface area contributed by atoms with Gasteiger partial charge in [0.1, 0.15) is 28.9 Å². The molecule has 1 N–H and O–H groups in total. The summed E-state index contributed by atoms with van der Waals surface area (Å²) in [5, 5.41) is 10.7. The first kappa shape index (κ1) is 55.9. The number of thioether (sulfide) groups is 2. The summed E-state index contributed by atoms with van der Waals surface area (Å²) in [4.78, 5) is 87.2. The first-order valence-corrected chi connectivity index (χ1v) is 27.4. The third kappa shape index (κ3) is 10.7. The van der Waals surface area contributed by atoms with E-state index in [0.29, 0.717) is 73.2 Å². The van der Waals surface area contributed by atoms with Gasteiger partial charge in [-0.15, -0.1) is 23.5 Å². The Hall–Kier alpha value is -7.30. The molecule has 0 saturated carbocycles. The van der Waals surface area contributed by atoms with E-state index in [1.807, 2.05) is 69.9 Å². The van der Waals surface area contributed by atoms with Crippen LogP contribution in [0.15, 0.2) is 99.5 Å². The number of phenolic OH excluding ortho intramolecular Hbond substituents is 1. The van der Waals surface area contributed by atoms with Crippen LogP contribution in [0.3, 0.4) is 0 Å². The molecule has 2 atom stereocenters. The Labute approximate surface area is 455 Å². The number of nitrogens with zero attached hydrogens (tertiary/aromatic N) is 12. The zero-order valence-corrected chi connectivity index (χ0v) is 46.0. The van der Waals surface area contributed by atoms with E-state index in [1.165, 1.54) is 69.1 Å². The highest BCUT2D eigenvalue weighted by Gasteiger charge is 2.33. The van der Waals surface area contributed by atoms with Gasteiger partial charge in [0, 0.05) is 73.5 Å². The topological polar surface area (TPSA) is 189 Å². The molecule has 0 radical (unpaired) electrons. The molecule has 0 spiro atoms. The van der Waals surface area contributed by atoms with E-state index < -0.39 is 45.8 Å². The second kappa shape index (κ2) is 23.1. The average Bonchev–Trinajstić information content (AvgIpc) is 3.55. The third-order valence-electron chi connectivity index (χ3n) is 13.4. The molecule has 1 aromatic carbocycles. The van der Waals surface area contributed by atoms with Crippen LogP contribution in [-0.4, -0.2) is 130 Å². The fraction of sp³-hybridized carbons (Fsp3) is 0.333. The molecule has 0 bridgehead atoms. The lowest BCUT2D eigenvalue weighted by molar-refractivity contribution is -0.127. The number of aromatic hydroxyl groups is 1. The van der Waals surface area contributed by atoms with Gasteiger partial charge >= 0.3 is 11.4 Å². The number of piperazine rings is 2. The Balaban J connectivity index is 0.000000207. The first-order chi connectivity index (χ1) is 36.7. The van der Waals surface area contributed by atoms with Crippen molar-refractivity contribution < 1.29 is 27.9 Å². The van der Waals surface area contributed by atoms with E-state index in [2.05, 4.69) is 43.1 Å². The maximum absolute atomic E-state index is 15.9. The lowest BCUT2D eigenvalue weighted by Crippen LogP contribution is -2.54. The number of rotatable bonds is 11. The Bertz CT molecular complexity index is 3600. The van der Waals surface area contributed by atoms with Crippen LogP contribution >= 0.6 is 35.1 Å². The normalized spacial score (nSPS) is 15.8. The van der Waals surface area contributed by atoms with Gasteiger partial charge in [0.2, 0.25) is 11.8 Å². The largest absolute Gasteiger partial charge is 0.507 e. The number of anilines is 2. The van der Waals surface area contributed by atoms with Crippen LogP contribution in [-0.2, 0) is 9.59 Å². The van der Waals surface area contributed by atoms with Gasteiger partial charge in [-0.1, -0.05) is 58.5 Å². The molecule has 17 nitrogen and oxygen atoms in total. The van der Waals surface area contributed by atoms with E-state index in [9.17, 15) is 33.1 Å². The summed E-state index contributed by atoms with van der Waals surface area (Å²) in [6.07, 6.45) is 9.65. The number of hydrogen-bond donors (Lipinski definition) is 1. The number of hydrogen-bond acceptors (Lipinski definition) is 15. The Morgan fingerprint density at radius 1 is 0.688 bits per heavy atom. The minimum atomic E-state index is -0.898. The van der Waals surface area contributed by atoms with Gasteiger partial charge in [-0.3, -0.25) is 19.6 Å². The number of halogens is 4. The lowest BCUT2D eigenvalue weighted by Gasteiger charge is -2.40. The second-order valence-electron chi connectivity index (χ2n) is 18.9. The van der Waals surface area contributed by atoms with Crippen LogP contribution in [0.2, 0.25) is 5.15 Å². The number of carbonyl (C=O) groups excluding carboxylic acids is 2. The molecular weight excluding hydrogens is 1050 g/mol. The van der Waals surface area contributed by atoms with Gasteiger partial charge < -0.3 is 24.7 Å². The van der Waals surface area contributed by atoms with Crippen molar-refractivity contribution in [2.24, 2.45) is 0 Å². The summed E-state index contributed by atoms with van der Waals surface area (Å²) in [6, 6.07) is 9.21. The molecule has 6 aromatic heterocycles. The molecular formula is C54H56ClF3N12O5S2. The number of pyridine rings is 4. The highest BCUT2D eigenvalue weighted by atomic mass is 35.5. The van der Waals surface area contributed by atoms with Crippen LogP contribution in [0.4, 0.5) is 24.8 Å². The molecule has 7 aromatic rings. The number of amides is 2. The van der Waals surface area contributed by atoms with Crippen molar-refractivity contribution in [2.75, 3.05) is 61.6 Å². The van der Waals surface area contributed by atoms with Crippen molar-refractivity contribution in [1.29, 1.82) is 0 Å². The molecule has 0 aliphatic carbocycles. The van der Waals surface area contributed by atoms with Crippen molar-refractivity contribution in [3.8, 4) is 28.4 Å². The van der Waals surface area contributed by atoms with Crippen LogP contribution in [0.25, 0.3) is 44.7 Å². The van der Waals surface area contributed by atoms with Gasteiger partial charge in [0.25, 0.3) is 0 Å². The third-order valence-corrected chi connectivity index (χ3v) is 15.2. The fourth-order valence-electron chi connectivity index (χ4n) is 9.68. The van der Waals surface area contributed by atoms with E-state index in [1.54, 1.807) is 28.3 Å². The SMILES string of the molecule is C=CC(=O)N1CCN(c2nc(=O)n(-c3c(SC)ccnc3C(C)C)c3nc(-c4c(O)cccc4F)c(F)cc23)[C@@H](C)C1.C=CC(=O)N1CCN(c2nc(=O)n(-c3c(SC)ccnc3C(C)C)c3nc(Cl)c(F)cc23)[C@@H](C)C1. The van der Waals surface area contributed by atoms with Gasteiger partial charge in [0.15, 0.2) is 28.1 Å². The van der Waals surface area contributed by atoms with Crippen LogP contribution < -0.4 is 21.2 Å². The van der Waals surface area contributed by atoms with Gasteiger partial charge in [-0.25, -0.2) is 41.9 Å². The summed E-state index contributed by atoms with van der Waals surface area (Å²) in [5.74, 6) is -2.92. The lowest BCUT2D eigenvalue weighted by atomic mass is 10.1. The molecule has 2 aliphatic heterocycles. The minimum Gasteiger partial charge on any atom is -0.507 e. The summed E-state index contributed by atoms with van der Waals surface area (Å²) < 4.78 is 48.2. The van der Waals surface area contributed by atoms with Crippen molar-refractivity contribution in [3.63, 3.8) is 0 Å². The molecule has 23 heteroatoms. The van der Waals surface area contributed by atoms with Gasteiger partial charge in [0.05, 0.1) is 39.1 Å². The predicted molar refractivity (Wildman–Crippen MR) is 297 cm³/mol. The monoisotopic (exact) mass is 1110 g/mol. The number of carbonyl (C=O) groups is 2. The smallest absolute Gasteiger partial charge is 0.355 e. The number of phenols is 1. The summed E-state index contributed by atoms with van der Waals surface area (Å²) in [6.45, 7) is 21.0. The highest BCUT2D eigenvalue weighted by Crippen LogP contribution is 2.39. The van der Waals surface area contributed by atoms with Crippen LogP contribution in [0, 0.1) is 17.5 Å². The predicted octanol–water partition coefficient (Wildman–Crippen LogP) is 8.93. The van der Waals surface area contributed by atoms with Gasteiger partial charge in [-0.05, 0) is 86.7 Å². The molecule has 9 rings (SSSR count). The Kier molecular flexibility index (Phi) is 16.8. The first-order valence-electron chi connectivity index (χ1n) is 24.6. The molecule has 0 unspecified atom stereocenters. The van der Waals surface area contributed by atoms with Crippen LogP contribution in [0.1, 0.15) is 64.8 Å². The average molecular weight is 1110 g/mol. The van der Waals surface area contributed by atoms with E-state index in [-0.39, 0.29) is 63.4 Å². The number of benzene rings is 1. The van der Waals surface area contributed by atoms with Crippen molar-refractivity contribution in [1.82, 2.24) is 48.8 Å². The number of aromatic nitrogens is 8. The molecule has 2 fully saturated rings. The summed E-state index contributed by atoms with van der Waals surface area (Å²) in [5.41, 5.74) is 0.442. The van der Waals surface area contributed by atoms with Gasteiger partial charge in [-0.2, -0.15) is 9.97 Å². The zero-order valence-electron chi connectivity index (χ0n) is 43.6. The molecule has 402 valence electrons. The zero-order chi connectivity index (χ0) is 55.7. The standard InChI is InChI=1S/C30H30F2N6O3S.C24H26ClFN6O2S/c1-6-23(40)36-12-13-37(17(4)15-36)28-18-14-20(32)26(24-19(31)8-7-9-21(24)39)34-29(18)38(30(41)35-28)27-22(42-5)10-11-33-25(27)16(2)3;1-6-18(33)30-9-10-31(14(4)12-30)22-15-11-16(26)21(25)28-23(15)32(24(34)29-22)20-17(35-5)7-8-27-19(20)13(2)3/h6-11,14,16-17,39H,1,12-13,15H2,2-5H3;6-8,11,13-14H,1,9-10,12H2,2-5H3/t17-;14-/m00/s1. The van der Waals surface area contributed by atoms with Crippen LogP contribution in [0.5, 0.6) is 5.75 Å². The molecule has 2 saturated heterocycles. The molecule has 77 heavy (non-hydrogen) atoms. The van der Waals surface area contributed by atoms with E-state index >= 15 is 4.39 Å². The quantitative estimate of drug-likeness (QED) is 0.0734. The Morgan fingerprint density at radius 2 is 1.14 bits per heavy atom. The molecule has 8 heterocycles. The maximum atomic E-state index is 15.9. The highest BCUT2D eigenvalue weighted by molar-refractivity contribution is 7.99. The number of fused-ring (bicyclic) bond motifs is 2. The van der Waals surface area contributed by atoms with E-state index in [4.69, 9.17) is 11.6 Å². The van der Waals surface area contributed by atoms with Crippen molar-refractivity contribution in [3.05, 3.63) is 135 Å². The summed E-state index contributed by atoms with van der Waals surface area (Å²) >= 11 is 8.97. The minimum absolute atomic E-state index is 0.00476. The van der Waals surface area contributed by atoms with Crippen molar-refractivity contribution >= 4 is 80.6 Å². The second-order valence-corrected chi connectivity index (χ2v) is 21.0. The van der Waals surface area contributed by atoms with Crippen molar-refractivity contribution in [2.45, 2.75) is 75.3 Å². The molecule has 2 amide bonds. The fourth-order valence-corrected chi connectivity index (χ4v) is 11.0. The Morgan fingerprint density at radius 3 is 1.56 bits per heavy atom. The molecule has 2 aliphatic rings. The van der Waals surface area contributed by atoms with E-state index in [0.717, 1.165) is 15.9 Å². The summed E-state index contributed by atoms with van der Waals surface area (Å²) in [7, 11) is 0. The maximum Gasteiger partial charge on any atom is 0.355 e.